The van der Waals surface area contributed by atoms with Crippen LogP contribution in [0.3, 0.4) is 0 Å². The van der Waals surface area contributed by atoms with Crippen LogP contribution in [0.4, 0.5) is 0 Å². The highest BCUT2D eigenvalue weighted by atomic mass is 127. The number of pyridine rings is 1. The predicted octanol–water partition coefficient (Wildman–Crippen LogP) is 1.82. The molecule has 2 N–H and O–H groups in total. The smallest absolute Gasteiger partial charge is 0.191 e. The predicted molar refractivity (Wildman–Crippen MR) is 89.3 cm³/mol. The second kappa shape index (κ2) is 11.8. The lowest BCUT2D eigenvalue weighted by Gasteiger charge is -2.09. The van der Waals surface area contributed by atoms with Crippen molar-refractivity contribution in [1.82, 2.24) is 15.6 Å². The van der Waals surface area contributed by atoms with Crippen LogP contribution in [0.1, 0.15) is 6.92 Å². The lowest BCUT2D eigenvalue weighted by atomic mass is 10.5. The van der Waals surface area contributed by atoms with Crippen LogP contribution in [0, 0.1) is 0 Å². The summed E-state index contributed by atoms with van der Waals surface area (Å²) in [5.74, 6) is 1.53. The van der Waals surface area contributed by atoms with E-state index in [0.717, 1.165) is 18.3 Å². The van der Waals surface area contributed by atoms with Crippen molar-refractivity contribution in [3.8, 4) is 5.75 Å². The van der Waals surface area contributed by atoms with Crippen molar-refractivity contribution in [3.63, 3.8) is 0 Å². The molecule has 5 nitrogen and oxygen atoms in total. The Balaban J connectivity index is 0.00000324. The van der Waals surface area contributed by atoms with Gasteiger partial charge in [-0.1, -0.05) is 6.08 Å². The summed E-state index contributed by atoms with van der Waals surface area (Å²) in [6.45, 7) is 8.30. The average Bonchev–Trinajstić information content (AvgIpc) is 2.42. The number of hydrogen-bond donors (Lipinski definition) is 2. The van der Waals surface area contributed by atoms with E-state index in [1.807, 2.05) is 19.1 Å². The Morgan fingerprint density at radius 1 is 1.53 bits per heavy atom. The molecule has 0 fully saturated rings. The summed E-state index contributed by atoms with van der Waals surface area (Å²) in [5.41, 5.74) is 0. The molecule has 0 unspecified atom stereocenters. The topological polar surface area (TPSA) is 58.5 Å². The molecule has 1 heterocycles. The van der Waals surface area contributed by atoms with Gasteiger partial charge < -0.3 is 15.4 Å². The van der Waals surface area contributed by atoms with Crippen molar-refractivity contribution >= 4 is 29.9 Å². The Bertz CT molecular complexity index is 370. The first-order chi connectivity index (χ1) is 8.86. The SMILES string of the molecule is C=CCNC(=NCCOc1cccnc1)NCC.I. The zero-order valence-electron chi connectivity index (χ0n) is 11.1. The molecule has 0 aliphatic rings. The Labute approximate surface area is 131 Å². The van der Waals surface area contributed by atoms with Gasteiger partial charge in [0, 0.05) is 19.3 Å². The highest BCUT2D eigenvalue weighted by Crippen LogP contribution is 2.05. The molecule has 0 amide bonds. The summed E-state index contributed by atoms with van der Waals surface area (Å²) in [4.78, 5) is 8.34. The highest BCUT2D eigenvalue weighted by molar-refractivity contribution is 14.0. The number of nitrogens with one attached hydrogen (secondary N) is 2. The fourth-order valence-corrected chi connectivity index (χ4v) is 1.26. The molecule has 106 valence electrons. The van der Waals surface area contributed by atoms with Gasteiger partial charge in [0.1, 0.15) is 12.4 Å². The van der Waals surface area contributed by atoms with Crippen LogP contribution in [0.5, 0.6) is 5.75 Å². The Kier molecular flexibility index (Phi) is 11.0. The third kappa shape index (κ3) is 8.41. The fraction of sp³-hybridized carbons (Fsp3) is 0.385. The van der Waals surface area contributed by atoms with Crippen LogP contribution in [-0.2, 0) is 0 Å². The van der Waals surface area contributed by atoms with E-state index < -0.39 is 0 Å². The molecule has 0 aliphatic carbocycles. The Morgan fingerprint density at radius 2 is 2.37 bits per heavy atom. The first-order valence-corrected chi connectivity index (χ1v) is 6.02. The molecule has 1 aromatic rings. The van der Waals surface area contributed by atoms with Gasteiger partial charge in [-0.2, -0.15) is 0 Å². The van der Waals surface area contributed by atoms with Crippen molar-refractivity contribution in [3.05, 3.63) is 37.2 Å². The van der Waals surface area contributed by atoms with Gasteiger partial charge in [-0.3, -0.25) is 4.98 Å². The lowest BCUT2D eigenvalue weighted by Crippen LogP contribution is -2.37. The van der Waals surface area contributed by atoms with E-state index in [1.54, 1.807) is 18.5 Å². The number of rotatable bonds is 7. The van der Waals surface area contributed by atoms with E-state index >= 15 is 0 Å². The molecule has 1 rings (SSSR count). The molecule has 0 spiro atoms. The number of aromatic nitrogens is 1. The lowest BCUT2D eigenvalue weighted by molar-refractivity contribution is 0.327. The molecule has 0 aliphatic heterocycles. The van der Waals surface area contributed by atoms with Crippen molar-refractivity contribution in [2.24, 2.45) is 4.99 Å². The molecule has 0 aromatic carbocycles. The van der Waals surface area contributed by atoms with Gasteiger partial charge in [0.15, 0.2) is 5.96 Å². The molecule has 0 saturated carbocycles. The number of halogens is 1. The Morgan fingerprint density at radius 3 is 3.00 bits per heavy atom. The number of aliphatic imine (C=N–C) groups is 1. The average molecular weight is 376 g/mol. The summed E-state index contributed by atoms with van der Waals surface area (Å²) >= 11 is 0. The van der Waals surface area contributed by atoms with Gasteiger partial charge in [0.25, 0.3) is 0 Å². The quantitative estimate of drug-likeness (QED) is 0.251. The maximum absolute atomic E-state index is 5.49. The van der Waals surface area contributed by atoms with Crippen LogP contribution in [0.2, 0.25) is 0 Å². The molecule has 0 saturated heterocycles. The van der Waals surface area contributed by atoms with E-state index in [4.69, 9.17) is 4.74 Å². The summed E-state index contributed by atoms with van der Waals surface area (Å²) in [5, 5.41) is 6.26. The van der Waals surface area contributed by atoms with Gasteiger partial charge >= 0.3 is 0 Å². The summed E-state index contributed by atoms with van der Waals surface area (Å²) < 4.78 is 5.49. The molecule has 1 aromatic heterocycles. The van der Waals surface area contributed by atoms with Crippen molar-refractivity contribution in [2.45, 2.75) is 6.92 Å². The van der Waals surface area contributed by atoms with Gasteiger partial charge in [-0.05, 0) is 19.1 Å². The molecular weight excluding hydrogens is 355 g/mol. The zero-order chi connectivity index (χ0) is 13.1. The molecule has 0 radical (unpaired) electrons. The first-order valence-electron chi connectivity index (χ1n) is 6.02. The van der Waals surface area contributed by atoms with E-state index in [9.17, 15) is 0 Å². The van der Waals surface area contributed by atoms with E-state index in [1.165, 1.54) is 0 Å². The van der Waals surface area contributed by atoms with Crippen LogP contribution in [0.25, 0.3) is 0 Å². The van der Waals surface area contributed by atoms with Gasteiger partial charge in [0.05, 0.1) is 12.7 Å². The van der Waals surface area contributed by atoms with E-state index in [2.05, 4.69) is 27.2 Å². The minimum Gasteiger partial charge on any atom is -0.490 e. The molecule has 19 heavy (non-hydrogen) atoms. The van der Waals surface area contributed by atoms with Crippen molar-refractivity contribution in [1.29, 1.82) is 0 Å². The van der Waals surface area contributed by atoms with Crippen molar-refractivity contribution < 1.29 is 4.74 Å². The van der Waals surface area contributed by atoms with Gasteiger partial charge in [-0.25, -0.2) is 4.99 Å². The second-order valence-electron chi connectivity index (χ2n) is 3.47. The summed E-state index contributed by atoms with van der Waals surface area (Å²) in [6, 6.07) is 3.71. The minimum absolute atomic E-state index is 0. The van der Waals surface area contributed by atoms with Crippen LogP contribution >= 0.6 is 24.0 Å². The van der Waals surface area contributed by atoms with Crippen LogP contribution in [0.15, 0.2) is 42.2 Å². The largest absolute Gasteiger partial charge is 0.490 e. The molecule has 0 atom stereocenters. The monoisotopic (exact) mass is 376 g/mol. The first kappa shape index (κ1) is 17.7. The van der Waals surface area contributed by atoms with E-state index in [0.29, 0.717) is 19.7 Å². The van der Waals surface area contributed by atoms with Gasteiger partial charge in [-0.15, -0.1) is 30.6 Å². The third-order valence-electron chi connectivity index (χ3n) is 2.02. The number of guanidine groups is 1. The van der Waals surface area contributed by atoms with Gasteiger partial charge in [0.2, 0.25) is 0 Å². The zero-order valence-corrected chi connectivity index (χ0v) is 13.5. The van der Waals surface area contributed by atoms with Crippen molar-refractivity contribution in [2.75, 3.05) is 26.2 Å². The van der Waals surface area contributed by atoms with Crippen LogP contribution in [-0.4, -0.2) is 37.2 Å². The number of hydrogen-bond acceptors (Lipinski definition) is 3. The van der Waals surface area contributed by atoms with Crippen LogP contribution < -0.4 is 15.4 Å². The normalized spacial score (nSPS) is 10.3. The number of ether oxygens (including phenoxy) is 1. The maximum Gasteiger partial charge on any atom is 0.191 e. The molecule has 0 bridgehead atoms. The Hall–Kier alpha value is -1.31. The molecular formula is C13H21IN4O. The maximum atomic E-state index is 5.49. The highest BCUT2D eigenvalue weighted by Gasteiger charge is 1.95. The standard InChI is InChI=1S/C13H20N4O.HI/c1-3-7-16-13(15-4-2)17-9-10-18-12-6-5-8-14-11-12;/h3,5-6,8,11H,1,4,7,9-10H2,2H3,(H2,15,16,17);1H. The number of nitrogens with zero attached hydrogens (tertiary/aromatic N) is 2. The van der Waals surface area contributed by atoms with E-state index in [-0.39, 0.29) is 24.0 Å². The molecule has 6 heteroatoms. The third-order valence-corrected chi connectivity index (χ3v) is 2.02. The second-order valence-corrected chi connectivity index (χ2v) is 3.47. The minimum atomic E-state index is 0. The fourth-order valence-electron chi connectivity index (χ4n) is 1.26. The summed E-state index contributed by atoms with van der Waals surface area (Å²) in [7, 11) is 0. The summed E-state index contributed by atoms with van der Waals surface area (Å²) in [6.07, 6.45) is 5.19.